The largest absolute Gasteiger partial charge is 0.497 e. The zero-order valence-corrected chi connectivity index (χ0v) is 16.7. The van der Waals surface area contributed by atoms with Gasteiger partial charge < -0.3 is 24.3 Å². The molecule has 0 fully saturated rings. The van der Waals surface area contributed by atoms with Crippen molar-refractivity contribution in [1.82, 2.24) is 19.7 Å². The van der Waals surface area contributed by atoms with Crippen molar-refractivity contribution in [2.75, 3.05) is 33.8 Å². The van der Waals surface area contributed by atoms with Crippen LogP contribution >= 0.6 is 0 Å². The van der Waals surface area contributed by atoms with E-state index in [-0.39, 0.29) is 11.9 Å². The molecule has 1 aromatic carbocycles. The van der Waals surface area contributed by atoms with Gasteiger partial charge in [0.1, 0.15) is 22.9 Å². The maximum atomic E-state index is 12.8. The summed E-state index contributed by atoms with van der Waals surface area (Å²) in [6.07, 6.45) is 1.41. The van der Waals surface area contributed by atoms with E-state index in [0.29, 0.717) is 34.1 Å². The second-order valence-electron chi connectivity index (χ2n) is 5.84. The van der Waals surface area contributed by atoms with Crippen LogP contribution in [0.25, 0.3) is 11.3 Å². The number of hydrogen-bond donors (Lipinski definition) is 1. The maximum Gasteiger partial charge on any atom is 0.319 e. The molecular weight excluding hydrogens is 378 g/mol. The molecule has 1 amide bonds. The molecule has 0 radical (unpaired) electrons. The van der Waals surface area contributed by atoms with Crippen molar-refractivity contribution < 1.29 is 23.7 Å². The second kappa shape index (κ2) is 8.46. The third-order valence-corrected chi connectivity index (χ3v) is 4.15. The van der Waals surface area contributed by atoms with Crippen LogP contribution in [0.4, 0.5) is 5.69 Å². The number of nitrogens with zero attached hydrogens (tertiary/aromatic N) is 4. The number of benzene rings is 1. The molecule has 0 saturated heterocycles. The van der Waals surface area contributed by atoms with E-state index in [4.69, 9.17) is 18.9 Å². The maximum absolute atomic E-state index is 12.8. The van der Waals surface area contributed by atoms with Gasteiger partial charge in [-0.05, 0) is 24.3 Å². The highest BCUT2D eigenvalue weighted by atomic mass is 16.5. The highest BCUT2D eigenvalue weighted by molar-refractivity contribution is 6.04. The van der Waals surface area contributed by atoms with E-state index < -0.39 is 5.91 Å². The molecule has 2 aromatic heterocycles. The lowest BCUT2D eigenvalue weighted by atomic mass is 10.1. The number of carbonyl (C=O) groups excluding carboxylic acids is 1. The number of hydrogen-bond acceptors (Lipinski definition) is 8. The van der Waals surface area contributed by atoms with Gasteiger partial charge in [0, 0.05) is 12.6 Å². The minimum atomic E-state index is -0.403. The summed E-state index contributed by atoms with van der Waals surface area (Å²) in [6.45, 7) is 0. The van der Waals surface area contributed by atoms with Crippen molar-refractivity contribution in [2.24, 2.45) is 7.05 Å². The van der Waals surface area contributed by atoms with Crippen molar-refractivity contribution in [2.45, 2.75) is 0 Å². The standard InChI is InChI=1S/C19H21N5O5/c1-24-15(17(25)21-14-10-20-19(29-5)22-18(14)28-4)9-13(23-24)12-8-11(26-2)6-7-16(12)27-3/h6-10H,1-5H3,(H,21,25). The van der Waals surface area contributed by atoms with E-state index in [0.717, 1.165) is 0 Å². The lowest BCUT2D eigenvalue weighted by Gasteiger charge is -2.09. The Morgan fingerprint density at radius 3 is 2.48 bits per heavy atom. The second-order valence-corrected chi connectivity index (χ2v) is 5.84. The first kappa shape index (κ1) is 19.9. The molecule has 0 aliphatic heterocycles. The molecule has 0 aliphatic carbocycles. The average molecular weight is 399 g/mol. The summed E-state index contributed by atoms with van der Waals surface area (Å²) in [7, 11) is 7.70. The summed E-state index contributed by atoms with van der Waals surface area (Å²) in [5, 5.41) is 7.16. The van der Waals surface area contributed by atoms with Crippen LogP contribution < -0.4 is 24.3 Å². The summed E-state index contributed by atoms with van der Waals surface area (Å²) >= 11 is 0. The summed E-state index contributed by atoms with van der Waals surface area (Å²) in [6, 6.07) is 7.15. The Hall–Kier alpha value is -3.82. The predicted octanol–water partition coefficient (Wildman–Crippen LogP) is 2.16. The fourth-order valence-corrected chi connectivity index (χ4v) is 2.70. The highest BCUT2D eigenvalue weighted by Gasteiger charge is 2.19. The molecule has 0 saturated carbocycles. The number of methoxy groups -OCH3 is 4. The first-order valence-corrected chi connectivity index (χ1v) is 8.53. The first-order chi connectivity index (χ1) is 14.0. The third-order valence-electron chi connectivity index (χ3n) is 4.15. The van der Waals surface area contributed by atoms with Crippen LogP contribution in [-0.4, -0.2) is 54.1 Å². The van der Waals surface area contributed by atoms with Gasteiger partial charge >= 0.3 is 6.01 Å². The van der Waals surface area contributed by atoms with Gasteiger partial charge in [-0.25, -0.2) is 4.98 Å². The molecule has 0 aliphatic rings. The Kier molecular flexibility index (Phi) is 5.82. The molecular formula is C19H21N5O5. The van der Waals surface area contributed by atoms with Crippen molar-refractivity contribution in [3.8, 4) is 34.6 Å². The third kappa shape index (κ3) is 4.05. The van der Waals surface area contributed by atoms with Gasteiger partial charge in [-0.3, -0.25) is 9.48 Å². The Morgan fingerprint density at radius 1 is 1.03 bits per heavy atom. The molecule has 3 aromatic rings. The van der Waals surface area contributed by atoms with E-state index in [2.05, 4.69) is 20.4 Å². The van der Waals surface area contributed by atoms with Crippen LogP contribution in [0.1, 0.15) is 10.5 Å². The normalized spacial score (nSPS) is 10.4. The molecule has 29 heavy (non-hydrogen) atoms. The van der Waals surface area contributed by atoms with E-state index in [1.165, 1.54) is 25.1 Å². The van der Waals surface area contributed by atoms with Gasteiger partial charge in [0.05, 0.1) is 40.3 Å². The average Bonchev–Trinajstić information content (AvgIpc) is 3.15. The molecule has 1 N–H and O–H groups in total. The van der Waals surface area contributed by atoms with Crippen molar-refractivity contribution in [3.05, 3.63) is 36.2 Å². The topological polar surface area (TPSA) is 110 Å². The summed E-state index contributed by atoms with van der Waals surface area (Å²) in [5.74, 6) is 1.04. The zero-order valence-electron chi connectivity index (χ0n) is 16.7. The van der Waals surface area contributed by atoms with Gasteiger partial charge in [0.25, 0.3) is 5.91 Å². The monoisotopic (exact) mass is 399 g/mol. The van der Waals surface area contributed by atoms with Gasteiger partial charge in [0.2, 0.25) is 5.88 Å². The fourth-order valence-electron chi connectivity index (χ4n) is 2.70. The fraction of sp³-hybridized carbons (Fsp3) is 0.263. The molecule has 10 nitrogen and oxygen atoms in total. The number of rotatable bonds is 7. The van der Waals surface area contributed by atoms with Crippen LogP contribution in [0.2, 0.25) is 0 Å². The summed E-state index contributed by atoms with van der Waals surface area (Å²) in [5.41, 5.74) is 1.89. The Balaban J connectivity index is 1.92. The highest BCUT2D eigenvalue weighted by Crippen LogP contribution is 2.33. The van der Waals surface area contributed by atoms with Gasteiger partial charge in [-0.1, -0.05) is 0 Å². The smallest absolute Gasteiger partial charge is 0.319 e. The first-order valence-electron chi connectivity index (χ1n) is 8.53. The number of amides is 1. The lowest BCUT2D eigenvalue weighted by Crippen LogP contribution is -2.17. The number of aryl methyl sites for hydroxylation is 1. The quantitative estimate of drug-likeness (QED) is 0.644. The summed E-state index contributed by atoms with van der Waals surface area (Å²) in [4.78, 5) is 20.8. The van der Waals surface area contributed by atoms with Crippen LogP contribution in [0.3, 0.4) is 0 Å². The van der Waals surface area contributed by atoms with Crippen LogP contribution in [0.15, 0.2) is 30.5 Å². The van der Waals surface area contributed by atoms with E-state index in [9.17, 15) is 4.79 Å². The van der Waals surface area contributed by atoms with Crippen molar-refractivity contribution >= 4 is 11.6 Å². The SMILES string of the molecule is COc1ccc(OC)c(-c2cc(C(=O)Nc3cnc(OC)nc3OC)n(C)n2)c1. The lowest BCUT2D eigenvalue weighted by molar-refractivity contribution is 0.101. The van der Waals surface area contributed by atoms with E-state index >= 15 is 0 Å². The number of carbonyl (C=O) groups is 1. The molecule has 3 rings (SSSR count). The number of aromatic nitrogens is 4. The van der Waals surface area contributed by atoms with Crippen LogP contribution in [0, 0.1) is 0 Å². The van der Waals surface area contributed by atoms with Crippen LogP contribution in [-0.2, 0) is 7.05 Å². The minimum absolute atomic E-state index is 0.132. The Labute approximate surface area is 167 Å². The predicted molar refractivity (Wildman–Crippen MR) is 105 cm³/mol. The zero-order chi connectivity index (χ0) is 21.0. The summed E-state index contributed by atoms with van der Waals surface area (Å²) < 4.78 is 22.3. The van der Waals surface area contributed by atoms with Gasteiger partial charge in [0.15, 0.2) is 0 Å². The number of nitrogens with one attached hydrogen (secondary N) is 1. The van der Waals surface area contributed by atoms with Gasteiger partial charge in [-0.2, -0.15) is 10.1 Å². The molecule has 10 heteroatoms. The molecule has 0 spiro atoms. The molecule has 0 bridgehead atoms. The van der Waals surface area contributed by atoms with Gasteiger partial charge in [-0.15, -0.1) is 0 Å². The molecule has 2 heterocycles. The molecule has 0 unspecified atom stereocenters. The molecule has 0 atom stereocenters. The number of ether oxygens (including phenoxy) is 4. The van der Waals surface area contributed by atoms with Crippen molar-refractivity contribution in [1.29, 1.82) is 0 Å². The Bertz CT molecular complexity index is 1030. The molecule has 152 valence electrons. The van der Waals surface area contributed by atoms with E-state index in [1.54, 1.807) is 45.5 Å². The van der Waals surface area contributed by atoms with Crippen molar-refractivity contribution in [3.63, 3.8) is 0 Å². The number of anilines is 1. The van der Waals surface area contributed by atoms with Crippen LogP contribution in [0.5, 0.6) is 23.4 Å². The van der Waals surface area contributed by atoms with E-state index in [1.807, 2.05) is 0 Å². The Morgan fingerprint density at radius 2 is 1.83 bits per heavy atom. The minimum Gasteiger partial charge on any atom is -0.497 e.